The molecule has 1 saturated heterocycles. The van der Waals surface area contributed by atoms with E-state index in [2.05, 4.69) is 32.6 Å². The van der Waals surface area contributed by atoms with Gasteiger partial charge in [0.1, 0.15) is 0 Å². The highest BCUT2D eigenvalue weighted by Gasteiger charge is 2.30. The molecule has 0 aromatic rings. The highest BCUT2D eigenvalue weighted by molar-refractivity contribution is 4.83. The van der Waals surface area contributed by atoms with Crippen LogP contribution in [-0.2, 0) is 4.74 Å². The molecule has 1 heterocycles. The molecule has 0 aromatic heterocycles. The van der Waals surface area contributed by atoms with Crippen molar-refractivity contribution < 1.29 is 4.74 Å². The Morgan fingerprint density at radius 3 is 2.67 bits per heavy atom. The first-order valence-electron chi connectivity index (χ1n) is 6.06. The van der Waals surface area contributed by atoms with Gasteiger partial charge >= 0.3 is 0 Å². The van der Waals surface area contributed by atoms with Crippen LogP contribution < -0.4 is 5.73 Å². The van der Waals surface area contributed by atoms with Crippen molar-refractivity contribution in [1.29, 1.82) is 0 Å². The van der Waals surface area contributed by atoms with E-state index in [1.54, 1.807) is 0 Å². The average molecular weight is 214 g/mol. The van der Waals surface area contributed by atoms with Crippen LogP contribution in [0, 0.1) is 5.41 Å². The molecule has 3 unspecified atom stereocenters. The highest BCUT2D eigenvalue weighted by Crippen LogP contribution is 2.24. The fraction of sp³-hybridized carbons (Fsp3) is 1.00. The molecule has 0 aromatic carbocycles. The van der Waals surface area contributed by atoms with Gasteiger partial charge in [-0.3, -0.25) is 4.90 Å². The molecule has 15 heavy (non-hydrogen) atoms. The first kappa shape index (κ1) is 12.9. The predicted molar refractivity (Wildman–Crippen MR) is 63.9 cm³/mol. The van der Waals surface area contributed by atoms with Gasteiger partial charge in [-0.15, -0.1) is 0 Å². The van der Waals surface area contributed by atoms with Gasteiger partial charge in [-0.05, 0) is 32.2 Å². The number of rotatable bonds is 4. The molecule has 0 aliphatic carbocycles. The van der Waals surface area contributed by atoms with Crippen molar-refractivity contribution in [3.63, 3.8) is 0 Å². The lowest BCUT2D eigenvalue weighted by atomic mass is 9.86. The summed E-state index contributed by atoms with van der Waals surface area (Å²) in [6, 6.07) is 0.527. The van der Waals surface area contributed by atoms with Gasteiger partial charge in [0.15, 0.2) is 0 Å². The van der Waals surface area contributed by atoms with Crippen molar-refractivity contribution in [2.75, 3.05) is 26.2 Å². The lowest BCUT2D eigenvalue weighted by Crippen LogP contribution is -2.52. The summed E-state index contributed by atoms with van der Waals surface area (Å²) in [5.74, 6) is 0. The van der Waals surface area contributed by atoms with E-state index in [-0.39, 0.29) is 5.41 Å². The maximum Gasteiger partial charge on any atom is 0.0674 e. The Bertz CT molecular complexity index is 192. The van der Waals surface area contributed by atoms with Gasteiger partial charge in [-0.25, -0.2) is 0 Å². The standard InChI is InChI=1S/C12H26N2O/c1-5-12(4,8-13)9-14-6-11(3)15-7-10(14)2/h10-11H,5-9,13H2,1-4H3. The van der Waals surface area contributed by atoms with E-state index in [9.17, 15) is 0 Å². The van der Waals surface area contributed by atoms with Crippen LogP contribution in [-0.4, -0.2) is 43.3 Å². The minimum absolute atomic E-state index is 0.255. The van der Waals surface area contributed by atoms with Crippen LogP contribution in [0.4, 0.5) is 0 Å². The van der Waals surface area contributed by atoms with Gasteiger partial charge in [0.05, 0.1) is 12.7 Å². The molecule has 2 N–H and O–H groups in total. The molecule has 0 spiro atoms. The molecule has 0 bridgehead atoms. The Hall–Kier alpha value is -0.120. The molecule has 1 fully saturated rings. The van der Waals surface area contributed by atoms with Gasteiger partial charge in [0, 0.05) is 19.1 Å². The van der Waals surface area contributed by atoms with Crippen molar-refractivity contribution in [2.24, 2.45) is 11.1 Å². The Morgan fingerprint density at radius 1 is 1.47 bits per heavy atom. The third-order valence-corrected chi connectivity index (χ3v) is 3.67. The molecule has 0 saturated carbocycles. The maximum atomic E-state index is 5.86. The smallest absolute Gasteiger partial charge is 0.0674 e. The topological polar surface area (TPSA) is 38.5 Å². The monoisotopic (exact) mass is 214 g/mol. The zero-order valence-corrected chi connectivity index (χ0v) is 10.6. The van der Waals surface area contributed by atoms with E-state index in [0.29, 0.717) is 12.1 Å². The van der Waals surface area contributed by atoms with Gasteiger partial charge in [0.2, 0.25) is 0 Å². The largest absolute Gasteiger partial charge is 0.376 e. The maximum absolute atomic E-state index is 5.86. The zero-order valence-electron chi connectivity index (χ0n) is 10.6. The van der Waals surface area contributed by atoms with E-state index in [0.717, 1.165) is 32.7 Å². The third-order valence-electron chi connectivity index (χ3n) is 3.67. The number of morpholine rings is 1. The summed E-state index contributed by atoms with van der Waals surface area (Å²) in [5.41, 5.74) is 6.11. The number of hydrogen-bond acceptors (Lipinski definition) is 3. The third kappa shape index (κ3) is 3.44. The predicted octanol–water partition coefficient (Wildman–Crippen LogP) is 1.47. The van der Waals surface area contributed by atoms with Crippen molar-refractivity contribution in [1.82, 2.24) is 4.90 Å². The van der Waals surface area contributed by atoms with Crippen LogP contribution in [0.25, 0.3) is 0 Å². The Balaban J connectivity index is 2.54. The second kappa shape index (κ2) is 5.28. The Labute approximate surface area is 94.0 Å². The SMILES string of the molecule is CCC(C)(CN)CN1CC(C)OCC1C. The molecule has 3 atom stereocenters. The van der Waals surface area contributed by atoms with Crippen molar-refractivity contribution in [3.05, 3.63) is 0 Å². The van der Waals surface area contributed by atoms with Crippen LogP contribution in [0.1, 0.15) is 34.1 Å². The average Bonchev–Trinajstić information content (AvgIpc) is 2.23. The van der Waals surface area contributed by atoms with E-state index < -0.39 is 0 Å². The molecule has 3 heteroatoms. The molecule has 0 radical (unpaired) electrons. The zero-order chi connectivity index (χ0) is 11.5. The number of nitrogens with zero attached hydrogens (tertiary/aromatic N) is 1. The van der Waals surface area contributed by atoms with E-state index in [4.69, 9.17) is 10.5 Å². The molecule has 90 valence electrons. The quantitative estimate of drug-likeness (QED) is 0.770. The summed E-state index contributed by atoms with van der Waals surface area (Å²) >= 11 is 0. The van der Waals surface area contributed by atoms with Gasteiger partial charge < -0.3 is 10.5 Å². The minimum Gasteiger partial charge on any atom is -0.376 e. The molecule has 3 nitrogen and oxygen atoms in total. The fourth-order valence-electron chi connectivity index (χ4n) is 2.00. The Morgan fingerprint density at radius 2 is 2.13 bits per heavy atom. The second-order valence-electron chi connectivity index (χ2n) is 5.29. The minimum atomic E-state index is 0.255. The molecular weight excluding hydrogens is 188 g/mol. The molecular formula is C12H26N2O. The second-order valence-corrected chi connectivity index (χ2v) is 5.29. The number of ether oxygens (including phenoxy) is 1. The van der Waals surface area contributed by atoms with Gasteiger partial charge in [-0.2, -0.15) is 0 Å². The normalized spacial score (nSPS) is 32.6. The molecule has 1 aliphatic rings. The first-order valence-corrected chi connectivity index (χ1v) is 6.06. The molecule has 0 amide bonds. The number of hydrogen-bond donors (Lipinski definition) is 1. The van der Waals surface area contributed by atoms with Crippen molar-refractivity contribution in [2.45, 2.75) is 46.3 Å². The van der Waals surface area contributed by atoms with Gasteiger partial charge in [0.25, 0.3) is 0 Å². The van der Waals surface area contributed by atoms with E-state index in [1.165, 1.54) is 0 Å². The first-order chi connectivity index (χ1) is 7.00. The summed E-state index contributed by atoms with van der Waals surface area (Å²) < 4.78 is 5.63. The Kier molecular flexibility index (Phi) is 4.56. The van der Waals surface area contributed by atoms with Crippen LogP contribution in [0.15, 0.2) is 0 Å². The summed E-state index contributed by atoms with van der Waals surface area (Å²) in [4.78, 5) is 2.52. The van der Waals surface area contributed by atoms with Gasteiger partial charge in [-0.1, -0.05) is 13.8 Å². The van der Waals surface area contributed by atoms with Crippen molar-refractivity contribution >= 4 is 0 Å². The summed E-state index contributed by atoms with van der Waals surface area (Å²) in [7, 11) is 0. The van der Waals surface area contributed by atoms with Crippen LogP contribution in [0.2, 0.25) is 0 Å². The lowest BCUT2D eigenvalue weighted by Gasteiger charge is -2.41. The van der Waals surface area contributed by atoms with Crippen LogP contribution in [0.5, 0.6) is 0 Å². The summed E-state index contributed by atoms with van der Waals surface area (Å²) in [5, 5.41) is 0. The van der Waals surface area contributed by atoms with Crippen LogP contribution >= 0.6 is 0 Å². The van der Waals surface area contributed by atoms with E-state index in [1.807, 2.05) is 0 Å². The van der Waals surface area contributed by atoms with E-state index >= 15 is 0 Å². The fourth-order valence-corrected chi connectivity index (χ4v) is 2.00. The summed E-state index contributed by atoms with van der Waals surface area (Å²) in [6.07, 6.45) is 1.50. The van der Waals surface area contributed by atoms with Crippen LogP contribution in [0.3, 0.4) is 0 Å². The molecule has 1 rings (SSSR count). The lowest BCUT2D eigenvalue weighted by molar-refractivity contribution is -0.0612. The summed E-state index contributed by atoms with van der Waals surface area (Å²) in [6.45, 7) is 12.6. The number of nitrogens with two attached hydrogens (primary N) is 1. The highest BCUT2D eigenvalue weighted by atomic mass is 16.5. The molecule has 1 aliphatic heterocycles. The van der Waals surface area contributed by atoms with Crippen molar-refractivity contribution in [3.8, 4) is 0 Å².